The Hall–Kier alpha value is -2.12. The zero-order valence-corrected chi connectivity index (χ0v) is 34.1. The maximum atomic E-state index is 13.2. The molecule has 0 bridgehead atoms. The number of nitrogens with zero attached hydrogens (tertiary/aromatic N) is 2. The number of piperidine rings is 2. The molecule has 49 heavy (non-hydrogen) atoms. The first-order valence-corrected chi connectivity index (χ1v) is 18.8. The first-order valence-electron chi connectivity index (χ1n) is 18.8. The molecule has 280 valence electrons. The summed E-state index contributed by atoms with van der Waals surface area (Å²) in [7, 11) is 4.49. The van der Waals surface area contributed by atoms with Crippen LogP contribution in [0, 0.1) is 23.2 Å². The number of aliphatic carboxylic acids is 2. The third-order valence-electron chi connectivity index (χ3n) is 13.8. The molecule has 7 nitrogen and oxygen atoms in total. The van der Waals surface area contributed by atoms with Gasteiger partial charge in [-0.1, -0.05) is 60.1 Å². The average molecular weight is 685 g/mol. The first kappa shape index (κ1) is 41.3. The molecule has 2 saturated heterocycles. The summed E-state index contributed by atoms with van der Waals surface area (Å²) in [4.78, 5) is 31.4. The van der Waals surface area contributed by atoms with Crippen LogP contribution in [0.2, 0.25) is 0 Å². The molecular weight excluding hydrogens is 612 g/mol. The second-order valence-corrected chi connectivity index (χ2v) is 20.3. The normalized spacial score (nSPS) is 25.1. The molecule has 1 aromatic carbocycles. The van der Waals surface area contributed by atoms with Crippen LogP contribution in [0.1, 0.15) is 159 Å². The maximum Gasteiger partial charge on any atom is 0.321 e. The van der Waals surface area contributed by atoms with E-state index in [0.717, 1.165) is 37.7 Å². The molecule has 3 N–H and O–H groups in total. The Balaban J connectivity index is 2.08. The van der Waals surface area contributed by atoms with Gasteiger partial charge >= 0.3 is 11.9 Å². The Labute approximate surface area is 299 Å². The molecule has 0 aromatic heterocycles. The van der Waals surface area contributed by atoms with Gasteiger partial charge in [-0.25, -0.2) is 0 Å². The van der Waals surface area contributed by atoms with Crippen LogP contribution < -0.4 is 0 Å². The monoisotopic (exact) mass is 685 g/mol. The Morgan fingerprint density at radius 2 is 1.20 bits per heavy atom. The van der Waals surface area contributed by atoms with Gasteiger partial charge < -0.3 is 15.3 Å². The summed E-state index contributed by atoms with van der Waals surface area (Å²) < 4.78 is 0. The highest BCUT2D eigenvalue weighted by molar-refractivity contribution is 5.98. The molecule has 0 amide bonds. The lowest BCUT2D eigenvalue weighted by Crippen LogP contribution is -2.66. The molecule has 0 radical (unpaired) electrons. The number of carboxylic acids is 2. The number of aromatic hydroxyl groups is 1. The minimum atomic E-state index is -2.06. The van der Waals surface area contributed by atoms with E-state index in [2.05, 4.69) is 100 Å². The van der Waals surface area contributed by atoms with Crippen molar-refractivity contribution >= 4 is 11.9 Å². The van der Waals surface area contributed by atoms with Gasteiger partial charge in [-0.2, -0.15) is 0 Å². The van der Waals surface area contributed by atoms with E-state index in [4.69, 9.17) is 0 Å². The summed E-state index contributed by atoms with van der Waals surface area (Å²) in [6, 6.07) is 3.82. The van der Waals surface area contributed by atoms with Crippen molar-refractivity contribution in [3.63, 3.8) is 0 Å². The average Bonchev–Trinajstić information content (AvgIpc) is 2.93. The number of benzene rings is 1. The fourth-order valence-corrected chi connectivity index (χ4v) is 9.62. The lowest BCUT2D eigenvalue weighted by Gasteiger charge is -2.62. The minimum absolute atomic E-state index is 0.00116. The van der Waals surface area contributed by atoms with E-state index >= 15 is 0 Å². The molecule has 7 heteroatoms. The predicted molar refractivity (Wildman–Crippen MR) is 202 cm³/mol. The van der Waals surface area contributed by atoms with Crippen LogP contribution >= 0.6 is 0 Å². The fraction of sp³-hybridized carbons (Fsp3) is 0.810. The topological polar surface area (TPSA) is 101 Å². The highest BCUT2D eigenvalue weighted by Gasteiger charge is 2.55. The van der Waals surface area contributed by atoms with Crippen molar-refractivity contribution in [3.05, 3.63) is 28.8 Å². The Bertz CT molecular complexity index is 1320. The molecule has 0 aliphatic carbocycles. The number of carbonyl (C=O) groups is 2. The number of carboxylic acid groups (broad SMARTS) is 2. The van der Waals surface area contributed by atoms with E-state index in [9.17, 15) is 24.9 Å². The standard InChI is InChI=1S/C42H72N2O5/c1-36(2,3)28-24-27(33(45)32(25-28)37(4,5)6)26-42(34(46)47,35(48)49)21-17-18-29(30-19-22-38(7,8)43(15)40(30,11)12)31-20-23-39(9,10)44(16)41(31,13)14/h24-25,29-31,45H,17-23,26H2,1-16H3,(H,46,47)(H,48,49). The van der Waals surface area contributed by atoms with Crippen LogP contribution in [0.25, 0.3) is 0 Å². The summed E-state index contributed by atoms with van der Waals surface area (Å²) in [5.74, 6) is -1.64. The quantitative estimate of drug-likeness (QED) is 0.211. The molecule has 2 heterocycles. The maximum absolute atomic E-state index is 13.2. The molecule has 2 fully saturated rings. The zero-order chi connectivity index (χ0) is 37.9. The third-order valence-corrected chi connectivity index (χ3v) is 13.8. The largest absolute Gasteiger partial charge is 0.507 e. The molecule has 2 atom stereocenters. The van der Waals surface area contributed by atoms with Crippen LogP contribution in [0.15, 0.2) is 12.1 Å². The van der Waals surface area contributed by atoms with Gasteiger partial charge in [0, 0.05) is 28.6 Å². The second-order valence-electron chi connectivity index (χ2n) is 20.3. The van der Waals surface area contributed by atoms with Gasteiger partial charge in [0.2, 0.25) is 0 Å². The zero-order valence-electron chi connectivity index (χ0n) is 34.1. The number of phenolic OH excluding ortho intramolecular Hbond substituents is 1. The Morgan fingerprint density at radius 1 is 0.776 bits per heavy atom. The van der Waals surface area contributed by atoms with E-state index in [1.807, 2.05) is 32.9 Å². The minimum Gasteiger partial charge on any atom is -0.507 e. The van der Waals surface area contributed by atoms with Crippen LogP contribution in [-0.2, 0) is 26.8 Å². The molecular formula is C42H72N2O5. The number of likely N-dealkylation sites (tertiary alicyclic amines) is 2. The Kier molecular flexibility index (Phi) is 11.3. The second kappa shape index (κ2) is 13.5. The molecule has 1 aromatic rings. The molecule has 0 saturated carbocycles. The fourth-order valence-electron chi connectivity index (χ4n) is 9.62. The highest BCUT2D eigenvalue weighted by atomic mass is 16.4. The number of hydrogen-bond acceptors (Lipinski definition) is 5. The van der Waals surface area contributed by atoms with E-state index in [-0.39, 0.29) is 52.1 Å². The van der Waals surface area contributed by atoms with Gasteiger partial charge in [-0.05, 0) is 153 Å². The predicted octanol–water partition coefficient (Wildman–Crippen LogP) is 9.27. The van der Waals surface area contributed by atoms with Gasteiger partial charge in [0.05, 0.1) is 0 Å². The summed E-state index contributed by atoms with van der Waals surface area (Å²) in [6.07, 6.45) is 5.30. The van der Waals surface area contributed by atoms with Gasteiger partial charge in [-0.3, -0.25) is 19.4 Å². The SMILES string of the molecule is CN1C(C)(C)CCC(C(CCCC(Cc2cc(C(C)(C)C)cc(C(C)(C)C)c2O)(C(=O)O)C(=O)O)C2CCC(C)(C)N(C)C2(C)C)C1(C)C. The van der Waals surface area contributed by atoms with E-state index < -0.39 is 22.8 Å². The molecule has 3 rings (SSSR count). The van der Waals surface area contributed by atoms with Crippen molar-refractivity contribution in [2.24, 2.45) is 23.2 Å². The lowest BCUT2D eigenvalue weighted by atomic mass is 9.57. The molecule has 2 aliphatic heterocycles. The van der Waals surface area contributed by atoms with Crippen molar-refractivity contribution in [2.45, 2.75) is 181 Å². The molecule has 2 aliphatic rings. The highest BCUT2D eigenvalue weighted by Crippen LogP contribution is 2.54. The number of hydrogen-bond donors (Lipinski definition) is 3. The summed E-state index contributed by atoms with van der Waals surface area (Å²) in [5.41, 5.74) is -0.722. The summed E-state index contributed by atoms with van der Waals surface area (Å²) in [6.45, 7) is 31.0. The van der Waals surface area contributed by atoms with Crippen molar-refractivity contribution < 1.29 is 24.9 Å². The Morgan fingerprint density at radius 3 is 1.57 bits per heavy atom. The lowest BCUT2D eigenvalue weighted by molar-refractivity contribution is -0.165. The van der Waals surface area contributed by atoms with Gasteiger partial charge in [0.15, 0.2) is 5.41 Å². The van der Waals surface area contributed by atoms with Gasteiger partial charge in [0.1, 0.15) is 5.75 Å². The summed E-state index contributed by atoms with van der Waals surface area (Å²) >= 11 is 0. The van der Waals surface area contributed by atoms with Crippen molar-refractivity contribution in [3.8, 4) is 5.75 Å². The smallest absolute Gasteiger partial charge is 0.321 e. The molecule has 0 spiro atoms. The van der Waals surface area contributed by atoms with Crippen molar-refractivity contribution in [2.75, 3.05) is 14.1 Å². The van der Waals surface area contributed by atoms with E-state index in [0.29, 0.717) is 29.4 Å². The summed E-state index contributed by atoms with van der Waals surface area (Å²) in [5, 5.41) is 33.0. The molecule has 2 unspecified atom stereocenters. The van der Waals surface area contributed by atoms with Crippen LogP contribution in [0.4, 0.5) is 0 Å². The van der Waals surface area contributed by atoms with Gasteiger partial charge in [-0.15, -0.1) is 0 Å². The van der Waals surface area contributed by atoms with Crippen molar-refractivity contribution in [1.29, 1.82) is 0 Å². The number of phenols is 1. The number of rotatable bonds is 10. The van der Waals surface area contributed by atoms with E-state index in [1.165, 1.54) is 0 Å². The van der Waals surface area contributed by atoms with E-state index in [1.54, 1.807) is 0 Å². The van der Waals surface area contributed by atoms with Crippen LogP contribution in [0.3, 0.4) is 0 Å². The van der Waals surface area contributed by atoms with Gasteiger partial charge in [0.25, 0.3) is 0 Å². The third kappa shape index (κ3) is 7.88. The van der Waals surface area contributed by atoms with Crippen molar-refractivity contribution in [1.82, 2.24) is 9.80 Å². The van der Waals surface area contributed by atoms with Crippen LogP contribution in [0.5, 0.6) is 5.75 Å². The van der Waals surface area contributed by atoms with Crippen LogP contribution in [-0.4, -0.2) is 73.3 Å². The first-order chi connectivity index (χ1) is 21.9.